The van der Waals surface area contributed by atoms with Crippen molar-refractivity contribution in [2.45, 2.75) is 32.5 Å². The number of phenolic OH excluding ortho intramolecular Hbond substituents is 1. The summed E-state index contributed by atoms with van der Waals surface area (Å²) in [5.74, 6) is 0.485. The Morgan fingerprint density at radius 1 is 1.16 bits per heavy atom. The average molecular weight is 420 g/mol. The molecule has 1 aliphatic rings. The first kappa shape index (κ1) is 20.8. The number of carbonyl (C=O) groups is 1. The summed E-state index contributed by atoms with van der Waals surface area (Å²) in [4.78, 5) is 11.0. The van der Waals surface area contributed by atoms with Gasteiger partial charge in [0, 0.05) is 17.5 Å². The number of phenols is 1. The van der Waals surface area contributed by atoms with Gasteiger partial charge < -0.3 is 24.8 Å². The number of aliphatic hydroxyl groups excluding tert-OH is 1. The van der Waals surface area contributed by atoms with E-state index in [1.807, 2.05) is 43.3 Å². The lowest BCUT2D eigenvalue weighted by molar-refractivity contribution is -0.137. The molecule has 4 rings (SSSR count). The highest BCUT2D eigenvalue weighted by molar-refractivity contribution is 5.72. The number of hydrogen-bond acceptors (Lipinski definition) is 5. The van der Waals surface area contributed by atoms with Crippen LogP contribution in [0, 0.1) is 6.92 Å². The Morgan fingerprint density at radius 3 is 2.77 bits per heavy atom. The second-order valence-electron chi connectivity index (χ2n) is 7.75. The van der Waals surface area contributed by atoms with E-state index in [-0.39, 0.29) is 24.7 Å². The Labute approximate surface area is 180 Å². The molecule has 1 atom stereocenters. The first-order valence-electron chi connectivity index (χ1n) is 10.1. The average Bonchev–Trinajstić information content (AvgIpc) is 3.13. The summed E-state index contributed by atoms with van der Waals surface area (Å²) in [5, 5.41) is 28.6. The summed E-state index contributed by atoms with van der Waals surface area (Å²) in [5.41, 5.74) is 5.25. The van der Waals surface area contributed by atoms with Crippen molar-refractivity contribution in [1.29, 1.82) is 0 Å². The van der Waals surface area contributed by atoms with Gasteiger partial charge >= 0.3 is 5.97 Å². The number of hydrogen-bond donors (Lipinski definition) is 3. The molecule has 0 saturated heterocycles. The number of aryl methyl sites for hydroxylation is 1. The topological polar surface area (TPSA) is 96.2 Å². The highest BCUT2D eigenvalue weighted by atomic mass is 16.5. The van der Waals surface area contributed by atoms with Crippen molar-refractivity contribution in [1.82, 2.24) is 0 Å². The highest BCUT2D eigenvalue weighted by Gasteiger charge is 2.26. The molecule has 6 heteroatoms. The minimum Gasteiger partial charge on any atom is -0.508 e. The van der Waals surface area contributed by atoms with Gasteiger partial charge in [-0.25, -0.2) is 0 Å². The van der Waals surface area contributed by atoms with Gasteiger partial charge in [0.2, 0.25) is 0 Å². The van der Waals surface area contributed by atoms with Crippen molar-refractivity contribution in [2.75, 3.05) is 6.61 Å². The Morgan fingerprint density at radius 2 is 2.00 bits per heavy atom. The molecule has 0 fully saturated rings. The monoisotopic (exact) mass is 420 g/mol. The smallest absolute Gasteiger partial charge is 0.304 e. The summed E-state index contributed by atoms with van der Waals surface area (Å²) < 4.78 is 11.6. The Balaban J connectivity index is 1.51. The van der Waals surface area contributed by atoms with Gasteiger partial charge in [-0.15, -0.1) is 0 Å². The van der Waals surface area contributed by atoms with E-state index in [2.05, 4.69) is 0 Å². The van der Waals surface area contributed by atoms with Crippen LogP contribution in [0.15, 0.2) is 54.6 Å². The number of rotatable bonds is 7. The Kier molecular flexibility index (Phi) is 5.82. The summed E-state index contributed by atoms with van der Waals surface area (Å²) in [6.45, 7) is 2.45. The van der Waals surface area contributed by atoms with Crippen LogP contribution in [0.25, 0.3) is 11.1 Å². The SMILES string of the molecule is Cc1cc(O)cc(CO)c1-c1cccc(COc2ccc3c(c2)OC[C@H]3CC(=O)O)c1. The van der Waals surface area contributed by atoms with Gasteiger partial charge in [-0.2, -0.15) is 0 Å². The van der Waals surface area contributed by atoms with Crippen molar-refractivity contribution in [3.05, 3.63) is 76.9 Å². The lowest BCUT2D eigenvalue weighted by Gasteiger charge is -2.14. The van der Waals surface area contributed by atoms with Crippen molar-refractivity contribution in [2.24, 2.45) is 0 Å². The predicted molar refractivity (Wildman–Crippen MR) is 115 cm³/mol. The van der Waals surface area contributed by atoms with Gasteiger partial charge in [0.1, 0.15) is 23.9 Å². The molecule has 0 saturated carbocycles. The van der Waals surface area contributed by atoms with Crippen LogP contribution in [0.5, 0.6) is 17.2 Å². The van der Waals surface area contributed by atoms with Crippen molar-refractivity contribution in [3.63, 3.8) is 0 Å². The van der Waals surface area contributed by atoms with Gasteiger partial charge in [0.15, 0.2) is 0 Å². The van der Waals surface area contributed by atoms with Crippen LogP contribution in [0.2, 0.25) is 0 Å². The van der Waals surface area contributed by atoms with E-state index < -0.39 is 5.97 Å². The molecule has 31 heavy (non-hydrogen) atoms. The van der Waals surface area contributed by atoms with Crippen LogP contribution >= 0.6 is 0 Å². The molecule has 0 aliphatic carbocycles. The maximum Gasteiger partial charge on any atom is 0.304 e. The lowest BCUT2D eigenvalue weighted by Crippen LogP contribution is -2.07. The maximum absolute atomic E-state index is 11.0. The molecule has 3 aromatic carbocycles. The maximum atomic E-state index is 11.0. The number of carboxylic acids is 1. The summed E-state index contributed by atoms with van der Waals surface area (Å²) in [7, 11) is 0. The molecule has 0 radical (unpaired) electrons. The van der Waals surface area contributed by atoms with E-state index in [1.54, 1.807) is 18.2 Å². The van der Waals surface area contributed by atoms with E-state index in [1.165, 1.54) is 0 Å². The number of aliphatic carboxylic acids is 1. The normalized spacial score (nSPS) is 14.7. The fourth-order valence-corrected chi connectivity index (χ4v) is 4.09. The summed E-state index contributed by atoms with van der Waals surface area (Å²) in [6, 6.07) is 16.6. The third-order valence-corrected chi connectivity index (χ3v) is 5.48. The molecule has 6 nitrogen and oxygen atoms in total. The summed E-state index contributed by atoms with van der Waals surface area (Å²) >= 11 is 0. The molecule has 3 N–H and O–H groups in total. The number of ether oxygens (including phenoxy) is 2. The van der Waals surface area contributed by atoms with Crippen molar-refractivity contribution >= 4 is 5.97 Å². The fourth-order valence-electron chi connectivity index (χ4n) is 4.09. The molecule has 160 valence electrons. The fraction of sp³-hybridized carbons (Fsp3) is 0.240. The van der Waals surface area contributed by atoms with E-state index in [9.17, 15) is 15.0 Å². The highest BCUT2D eigenvalue weighted by Crippen LogP contribution is 2.38. The zero-order valence-corrected chi connectivity index (χ0v) is 17.2. The molecule has 1 heterocycles. The van der Waals surface area contributed by atoms with Crippen LogP contribution in [-0.2, 0) is 18.0 Å². The van der Waals surface area contributed by atoms with Crippen LogP contribution in [0.3, 0.4) is 0 Å². The second kappa shape index (κ2) is 8.70. The molecule has 0 spiro atoms. The molecule has 1 aliphatic heterocycles. The number of fused-ring (bicyclic) bond motifs is 1. The van der Waals surface area contributed by atoms with E-state index in [0.717, 1.165) is 27.8 Å². The lowest BCUT2D eigenvalue weighted by atomic mass is 9.94. The Bertz CT molecular complexity index is 1120. The zero-order valence-electron chi connectivity index (χ0n) is 17.2. The summed E-state index contributed by atoms with van der Waals surface area (Å²) in [6.07, 6.45) is 0.0481. The van der Waals surface area contributed by atoms with Crippen LogP contribution < -0.4 is 9.47 Å². The first-order chi connectivity index (χ1) is 14.9. The van der Waals surface area contributed by atoms with Crippen LogP contribution in [0.4, 0.5) is 0 Å². The molecular formula is C25H24O6. The second-order valence-corrected chi connectivity index (χ2v) is 7.75. The van der Waals surface area contributed by atoms with Gasteiger partial charge in [0.25, 0.3) is 0 Å². The molecule has 0 unspecified atom stereocenters. The van der Waals surface area contributed by atoms with E-state index >= 15 is 0 Å². The molecule has 3 aromatic rings. The van der Waals surface area contributed by atoms with Crippen LogP contribution in [0.1, 0.15) is 34.6 Å². The minimum absolute atomic E-state index is 0.0481. The first-order valence-corrected chi connectivity index (χ1v) is 10.1. The largest absolute Gasteiger partial charge is 0.508 e. The number of carboxylic acid groups (broad SMARTS) is 1. The van der Waals surface area contributed by atoms with Gasteiger partial charge in [-0.1, -0.05) is 24.3 Å². The zero-order chi connectivity index (χ0) is 22.0. The van der Waals surface area contributed by atoms with Crippen LogP contribution in [-0.4, -0.2) is 27.9 Å². The molecule has 0 bridgehead atoms. The molecular weight excluding hydrogens is 396 g/mol. The van der Waals surface area contributed by atoms with Crippen molar-refractivity contribution in [3.8, 4) is 28.4 Å². The van der Waals surface area contributed by atoms with Gasteiger partial charge in [-0.3, -0.25) is 4.79 Å². The van der Waals surface area contributed by atoms with E-state index in [0.29, 0.717) is 30.3 Å². The van der Waals surface area contributed by atoms with Gasteiger partial charge in [-0.05, 0) is 59.0 Å². The molecule has 0 amide bonds. The van der Waals surface area contributed by atoms with Crippen molar-refractivity contribution < 1.29 is 29.6 Å². The Hall–Kier alpha value is -3.51. The number of benzene rings is 3. The standard InChI is InChI=1S/C25H24O6/c1-15-7-20(27)9-18(12-26)25(15)17-4-2-3-16(8-17)13-30-21-5-6-22-19(10-24(28)29)14-31-23(22)11-21/h2-9,11,19,26-27H,10,12-14H2,1H3,(H,28,29)/t19-/m1/s1. The third kappa shape index (κ3) is 4.49. The number of aromatic hydroxyl groups is 1. The molecule has 0 aromatic heterocycles. The van der Waals surface area contributed by atoms with E-state index in [4.69, 9.17) is 14.6 Å². The predicted octanol–water partition coefficient (Wildman–Crippen LogP) is 4.39. The van der Waals surface area contributed by atoms with Gasteiger partial charge in [0.05, 0.1) is 19.6 Å². The minimum atomic E-state index is -0.838. The quantitative estimate of drug-likeness (QED) is 0.525. The number of aliphatic hydroxyl groups is 1. The third-order valence-electron chi connectivity index (χ3n) is 5.48.